The van der Waals surface area contributed by atoms with Crippen molar-refractivity contribution in [3.8, 4) is 0 Å². The van der Waals surface area contributed by atoms with Crippen LogP contribution >= 0.6 is 0 Å². The molecule has 1 unspecified atom stereocenters. The Morgan fingerprint density at radius 2 is 2.00 bits per heavy atom. The minimum atomic E-state index is -4.49. The number of nitrogens with zero attached hydrogens (tertiary/aromatic N) is 1. The molecule has 1 aliphatic heterocycles. The quantitative estimate of drug-likeness (QED) is 0.825. The average Bonchev–Trinajstić information content (AvgIpc) is 2.85. The summed E-state index contributed by atoms with van der Waals surface area (Å²) in [4.78, 5) is 13.0. The Labute approximate surface area is 109 Å². The lowest BCUT2D eigenvalue weighted by Gasteiger charge is -2.24. The van der Waals surface area contributed by atoms with Crippen molar-refractivity contribution >= 4 is 6.09 Å². The van der Waals surface area contributed by atoms with E-state index in [1.165, 1.54) is 4.90 Å². The van der Waals surface area contributed by atoms with Crippen molar-refractivity contribution in [1.29, 1.82) is 0 Å². The second-order valence-corrected chi connectivity index (χ2v) is 4.43. The summed E-state index contributed by atoms with van der Waals surface area (Å²) in [6.07, 6.45) is -3.88. The summed E-state index contributed by atoms with van der Waals surface area (Å²) in [6, 6.07) is 9.06. The number of carbonyl (C=O) groups is 1. The standard InChI is InChI=1S/C13H14F3NO2/c14-13(15,16)9-19-12(18)17-8-4-7-11(17)10-5-2-1-3-6-10/h1-3,5-6,11H,4,7-9H2. The molecule has 0 N–H and O–H groups in total. The first kappa shape index (κ1) is 13.7. The highest BCUT2D eigenvalue weighted by Gasteiger charge is 2.34. The fraction of sp³-hybridized carbons (Fsp3) is 0.462. The Morgan fingerprint density at radius 3 is 2.63 bits per heavy atom. The van der Waals surface area contributed by atoms with Gasteiger partial charge in [0.15, 0.2) is 6.61 Å². The molecular weight excluding hydrogens is 259 g/mol. The number of benzene rings is 1. The lowest BCUT2D eigenvalue weighted by Crippen LogP contribution is -2.33. The Kier molecular flexibility index (Phi) is 3.97. The molecule has 1 fully saturated rings. The van der Waals surface area contributed by atoms with Crippen LogP contribution in [0.25, 0.3) is 0 Å². The molecule has 6 heteroatoms. The Hall–Kier alpha value is -1.72. The molecule has 1 heterocycles. The Balaban J connectivity index is 2.01. The molecule has 0 aromatic heterocycles. The van der Waals surface area contributed by atoms with E-state index in [4.69, 9.17) is 0 Å². The molecule has 1 saturated heterocycles. The summed E-state index contributed by atoms with van der Waals surface area (Å²) < 4.78 is 40.4. The minimum absolute atomic E-state index is 0.193. The van der Waals surface area contributed by atoms with Gasteiger partial charge < -0.3 is 9.64 Å². The maximum Gasteiger partial charge on any atom is 0.422 e. The number of amides is 1. The number of halogens is 3. The molecule has 1 aromatic rings. The summed E-state index contributed by atoms with van der Waals surface area (Å²) in [5, 5.41) is 0. The van der Waals surface area contributed by atoms with Gasteiger partial charge in [0.2, 0.25) is 0 Å². The van der Waals surface area contributed by atoms with Gasteiger partial charge in [-0.2, -0.15) is 13.2 Å². The van der Waals surface area contributed by atoms with Crippen LogP contribution < -0.4 is 0 Å². The zero-order chi connectivity index (χ0) is 13.9. The maximum atomic E-state index is 12.0. The lowest BCUT2D eigenvalue weighted by atomic mass is 10.1. The first-order valence-corrected chi connectivity index (χ1v) is 6.02. The van der Waals surface area contributed by atoms with E-state index in [9.17, 15) is 18.0 Å². The number of alkyl halides is 3. The smallest absolute Gasteiger partial charge is 0.422 e. The minimum Gasteiger partial charge on any atom is -0.440 e. The molecular formula is C13H14F3NO2. The second-order valence-electron chi connectivity index (χ2n) is 4.43. The van der Waals surface area contributed by atoms with Gasteiger partial charge in [0.05, 0.1) is 6.04 Å². The van der Waals surface area contributed by atoms with Gasteiger partial charge in [-0.1, -0.05) is 30.3 Å². The van der Waals surface area contributed by atoms with E-state index in [-0.39, 0.29) is 6.04 Å². The molecule has 19 heavy (non-hydrogen) atoms. The summed E-state index contributed by atoms with van der Waals surface area (Å²) >= 11 is 0. The number of rotatable bonds is 2. The maximum absolute atomic E-state index is 12.0. The van der Waals surface area contributed by atoms with Crippen molar-refractivity contribution in [2.24, 2.45) is 0 Å². The van der Waals surface area contributed by atoms with E-state index in [0.29, 0.717) is 6.54 Å². The van der Waals surface area contributed by atoms with Gasteiger partial charge in [-0.25, -0.2) is 4.79 Å². The van der Waals surface area contributed by atoms with Gasteiger partial charge in [-0.3, -0.25) is 0 Å². The van der Waals surface area contributed by atoms with Crippen LogP contribution in [0.5, 0.6) is 0 Å². The van der Waals surface area contributed by atoms with Crippen molar-refractivity contribution in [1.82, 2.24) is 4.90 Å². The molecule has 0 spiro atoms. The zero-order valence-corrected chi connectivity index (χ0v) is 10.2. The summed E-state index contributed by atoms with van der Waals surface area (Å²) in [7, 11) is 0. The van der Waals surface area contributed by atoms with Crippen LogP contribution in [0.15, 0.2) is 30.3 Å². The molecule has 0 saturated carbocycles. The van der Waals surface area contributed by atoms with Gasteiger partial charge >= 0.3 is 12.3 Å². The van der Waals surface area contributed by atoms with E-state index in [0.717, 1.165) is 18.4 Å². The molecule has 1 amide bonds. The van der Waals surface area contributed by atoms with Crippen LogP contribution in [0.3, 0.4) is 0 Å². The van der Waals surface area contributed by atoms with Crippen LogP contribution in [-0.4, -0.2) is 30.3 Å². The molecule has 0 radical (unpaired) electrons. The average molecular weight is 273 g/mol. The van der Waals surface area contributed by atoms with Crippen LogP contribution in [0.1, 0.15) is 24.4 Å². The van der Waals surface area contributed by atoms with E-state index < -0.39 is 18.9 Å². The third-order valence-corrected chi connectivity index (χ3v) is 3.03. The van der Waals surface area contributed by atoms with Gasteiger partial charge in [0, 0.05) is 6.54 Å². The Bertz CT molecular complexity index is 433. The predicted molar refractivity (Wildman–Crippen MR) is 62.5 cm³/mol. The van der Waals surface area contributed by atoms with Crippen molar-refractivity contribution < 1.29 is 22.7 Å². The van der Waals surface area contributed by atoms with Crippen molar-refractivity contribution in [3.05, 3.63) is 35.9 Å². The number of likely N-dealkylation sites (tertiary alicyclic amines) is 1. The summed E-state index contributed by atoms with van der Waals surface area (Å²) in [6.45, 7) is -1.11. The fourth-order valence-electron chi connectivity index (χ4n) is 2.23. The molecule has 1 aliphatic rings. The van der Waals surface area contributed by atoms with E-state index in [1.54, 1.807) is 0 Å². The number of ether oxygens (including phenoxy) is 1. The summed E-state index contributed by atoms with van der Waals surface area (Å²) in [5.41, 5.74) is 0.920. The van der Waals surface area contributed by atoms with E-state index in [2.05, 4.69) is 4.74 Å². The normalized spacial score (nSPS) is 19.5. The fourth-order valence-corrected chi connectivity index (χ4v) is 2.23. The molecule has 2 rings (SSSR count). The van der Waals surface area contributed by atoms with Crippen molar-refractivity contribution in [2.75, 3.05) is 13.2 Å². The van der Waals surface area contributed by atoms with E-state index in [1.807, 2.05) is 30.3 Å². The number of hydrogen-bond donors (Lipinski definition) is 0. The van der Waals surface area contributed by atoms with Crippen LogP contribution in [0.4, 0.5) is 18.0 Å². The van der Waals surface area contributed by atoms with Crippen molar-refractivity contribution in [3.63, 3.8) is 0 Å². The topological polar surface area (TPSA) is 29.5 Å². The van der Waals surface area contributed by atoms with Crippen LogP contribution in [-0.2, 0) is 4.74 Å². The highest BCUT2D eigenvalue weighted by Crippen LogP contribution is 2.32. The largest absolute Gasteiger partial charge is 0.440 e. The molecule has 0 bridgehead atoms. The number of carbonyl (C=O) groups excluding carboxylic acids is 1. The van der Waals surface area contributed by atoms with Gasteiger partial charge in [0.1, 0.15) is 0 Å². The van der Waals surface area contributed by atoms with Crippen LogP contribution in [0, 0.1) is 0 Å². The van der Waals surface area contributed by atoms with Crippen molar-refractivity contribution in [2.45, 2.75) is 25.1 Å². The first-order chi connectivity index (χ1) is 8.97. The molecule has 1 atom stereocenters. The third-order valence-electron chi connectivity index (χ3n) is 3.03. The molecule has 3 nitrogen and oxygen atoms in total. The van der Waals surface area contributed by atoms with E-state index >= 15 is 0 Å². The van der Waals surface area contributed by atoms with Gasteiger partial charge in [-0.05, 0) is 18.4 Å². The second kappa shape index (κ2) is 5.50. The first-order valence-electron chi connectivity index (χ1n) is 6.02. The molecule has 1 aromatic carbocycles. The summed E-state index contributed by atoms with van der Waals surface area (Å²) in [5.74, 6) is 0. The Morgan fingerprint density at radius 1 is 1.32 bits per heavy atom. The number of hydrogen-bond acceptors (Lipinski definition) is 2. The highest BCUT2D eigenvalue weighted by molar-refractivity contribution is 5.68. The molecule has 0 aliphatic carbocycles. The SMILES string of the molecule is O=C(OCC(F)(F)F)N1CCCC1c1ccccc1. The predicted octanol–water partition coefficient (Wildman–Crippen LogP) is 3.52. The monoisotopic (exact) mass is 273 g/mol. The van der Waals surface area contributed by atoms with Gasteiger partial charge in [0.25, 0.3) is 0 Å². The highest BCUT2D eigenvalue weighted by atomic mass is 19.4. The molecule has 104 valence electrons. The zero-order valence-electron chi connectivity index (χ0n) is 10.2. The van der Waals surface area contributed by atoms with Gasteiger partial charge in [-0.15, -0.1) is 0 Å². The third kappa shape index (κ3) is 3.62. The van der Waals surface area contributed by atoms with Crippen LogP contribution in [0.2, 0.25) is 0 Å². The lowest BCUT2D eigenvalue weighted by molar-refractivity contribution is -0.162.